The number of rotatable bonds is 4. The Morgan fingerprint density at radius 3 is 2.64 bits per heavy atom. The van der Waals surface area contributed by atoms with E-state index < -0.39 is 24.3 Å². The Bertz CT molecular complexity index is 722. The lowest BCUT2D eigenvalue weighted by Gasteiger charge is -2.08. The van der Waals surface area contributed by atoms with Crippen molar-refractivity contribution in [2.24, 2.45) is 0 Å². The molecule has 0 saturated carbocycles. The van der Waals surface area contributed by atoms with E-state index in [1.165, 1.54) is 6.07 Å². The molecule has 0 atom stereocenters. The first-order chi connectivity index (χ1) is 10.5. The molecular weight excluding hydrogens is 332 g/mol. The number of anilines is 1. The zero-order valence-electron chi connectivity index (χ0n) is 11.1. The van der Waals surface area contributed by atoms with E-state index in [0.29, 0.717) is 10.7 Å². The smallest absolute Gasteiger partial charge is 0.340 e. The fourth-order valence-electron chi connectivity index (χ4n) is 1.63. The number of hydrogen-bond donors (Lipinski definition) is 1. The van der Waals surface area contributed by atoms with Crippen LogP contribution in [0.5, 0.6) is 0 Å². The fraction of sp³-hybridized carbons (Fsp3) is 0.0667. The molecule has 114 valence electrons. The molecule has 0 aromatic heterocycles. The van der Waals surface area contributed by atoms with Crippen molar-refractivity contribution in [3.05, 3.63) is 63.9 Å². The van der Waals surface area contributed by atoms with Gasteiger partial charge in [0.2, 0.25) is 0 Å². The summed E-state index contributed by atoms with van der Waals surface area (Å²) in [5.74, 6) is -2.06. The standard InChI is InChI=1S/C15H10Cl2FNO3/c16-9-2-1-3-11(6-9)19-14(20)8-22-15(21)12-7-10(18)4-5-13(12)17/h1-7H,8H2,(H,19,20). The van der Waals surface area contributed by atoms with Crippen LogP contribution in [0.2, 0.25) is 10.0 Å². The SMILES string of the molecule is O=C(COC(=O)c1cc(F)ccc1Cl)Nc1cccc(Cl)c1. The number of hydrogen-bond acceptors (Lipinski definition) is 3. The topological polar surface area (TPSA) is 55.4 Å². The molecule has 4 nitrogen and oxygen atoms in total. The first-order valence-corrected chi connectivity index (χ1v) is 6.89. The van der Waals surface area contributed by atoms with Gasteiger partial charge in [-0.05, 0) is 36.4 Å². The van der Waals surface area contributed by atoms with E-state index in [4.69, 9.17) is 27.9 Å². The first kappa shape index (κ1) is 16.3. The van der Waals surface area contributed by atoms with E-state index in [9.17, 15) is 14.0 Å². The van der Waals surface area contributed by atoms with Crippen molar-refractivity contribution in [3.63, 3.8) is 0 Å². The summed E-state index contributed by atoms with van der Waals surface area (Å²) in [5.41, 5.74) is 0.328. The van der Waals surface area contributed by atoms with E-state index in [1.54, 1.807) is 24.3 Å². The van der Waals surface area contributed by atoms with Crippen molar-refractivity contribution >= 4 is 40.8 Å². The average Bonchev–Trinajstić information content (AvgIpc) is 2.47. The van der Waals surface area contributed by atoms with E-state index in [1.807, 2.05) is 0 Å². The Morgan fingerprint density at radius 1 is 1.14 bits per heavy atom. The fourth-order valence-corrected chi connectivity index (χ4v) is 2.01. The van der Waals surface area contributed by atoms with Gasteiger partial charge >= 0.3 is 5.97 Å². The van der Waals surface area contributed by atoms with Gasteiger partial charge in [-0.3, -0.25) is 4.79 Å². The Morgan fingerprint density at radius 2 is 1.91 bits per heavy atom. The Kier molecular flexibility index (Phi) is 5.35. The lowest BCUT2D eigenvalue weighted by molar-refractivity contribution is -0.119. The minimum absolute atomic E-state index is 0.0432. The van der Waals surface area contributed by atoms with Crippen molar-refractivity contribution < 1.29 is 18.7 Å². The predicted molar refractivity (Wildman–Crippen MR) is 81.8 cm³/mol. The van der Waals surface area contributed by atoms with Crippen LogP contribution in [0.15, 0.2) is 42.5 Å². The molecule has 0 aliphatic carbocycles. The maximum absolute atomic E-state index is 13.1. The number of carbonyl (C=O) groups excluding carboxylic acids is 2. The molecular formula is C15H10Cl2FNO3. The second-order valence-corrected chi connectivity index (χ2v) is 5.10. The van der Waals surface area contributed by atoms with Gasteiger partial charge in [-0.25, -0.2) is 9.18 Å². The molecule has 0 saturated heterocycles. The number of benzene rings is 2. The van der Waals surface area contributed by atoms with Gasteiger partial charge in [0.15, 0.2) is 6.61 Å². The largest absolute Gasteiger partial charge is 0.452 e. The monoisotopic (exact) mass is 341 g/mol. The zero-order chi connectivity index (χ0) is 16.1. The zero-order valence-corrected chi connectivity index (χ0v) is 12.6. The summed E-state index contributed by atoms with van der Waals surface area (Å²) in [6.45, 7) is -0.530. The third kappa shape index (κ3) is 4.44. The molecule has 0 aliphatic rings. The van der Waals surface area contributed by atoms with Crippen LogP contribution in [0.1, 0.15) is 10.4 Å². The van der Waals surface area contributed by atoms with Gasteiger partial charge in [-0.1, -0.05) is 29.3 Å². The van der Waals surface area contributed by atoms with Crippen LogP contribution < -0.4 is 5.32 Å². The van der Waals surface area contributed by atoms with Crippen molar-refractivity contribution in [3.8, 4) is 0 Å². The van der Waals surface area contributed by atoms with Gasteiger partial charge < -0.3 is 10.1 Å². The van der Waals surface area contributed by atoms with Gasteiger partial charge in [0.1, 0.15) is 5.82 Å². The van der Waals surface area contributed by atoms with Gasteiger partial charge in [-0.15, -0.1) is 0 Å². The summed E-state index contributed by atoms with van der Waals surface area (Å²) < 4.78 is 17.9. The van der Waals surface area contributed by atoms with E-state index in [0.717, 1.165) is 12.1 Å². The van der Waals surface area contributed by atoms with Crippen molar-refractivity contribution in [2.75, 3.05) is 11.9 Å². The van der Waals surface area contributed by atoms with Crippen molar-refractivity contribution in [1.82, 2.24) is 0 Å². The third-order valence-corrected chi connectivity index (χ3v) is 3.16. The van der Waals surface area contributed by atoms with Gasteiger partial charge in [0.05, 0.1) is 10.6 Å². The first-order valence-electron chi connectivity index (χ1n) is 6.13. The second kappa shape index (κ2) is 7.24. The minimum Gasteiger partial charge on any atom is -0.452 e. The maximum Gasteiger partial charge on any atom is 0.340 e. The van der Waals surface area contributed by atoms with E-state index in [2.05, 4.69) is 5.32 Å². The maximum atomic E-state index is 13.1. The number of ether oxygens (including phenoxy) is 1. The second-order valence-electron chi connectivity index (χ2n) is 4.26. The summed E-state index contributed by atoms with van der Waals surface area (Å²) in [4.78, 5) is 23.4. The van der Waals surface area contributed by atoms with Gasteiger partial charge in [0.25, 0.3) is 5.91 Å². The predicted octanol–water partition coefficient (Wildman–Crippen LogP) is 3.93. The van der Waals surface area contributed by atoms with Gasteiger partial charge in [-0.2, -0.15) is 0 Å². The molecule has 1 amide bonds. The van der Waals surface area contributed by atoms with Crippen molar-refractivity contribution in [2.45, 2.75) is 0 Å². The highest BCUT2D eigenvalue weighted by Gasteiger charge is 2.14. The lowest BCUT2D eigenvalue weighted by atomic mass is 10.2. The number of amides is 1. The van der Waals surface area contributed by atoms with Crippen molar-refractivity contribution in [1.29, 1.82) is 0 Å². The lowest BCUT2D eigenvalue weighted by Crippen LogP contribution is -2.21. The highest BCUT2D eigenvalue weighted by atomic mass is 35.5. The molecule has 2 aromatic carbocycles. The normalized spacial score (nSPS) is 10.1. The Hall–Kier alpha value is -2.11. The van der Waals surface area contributed by atoms with Crippen LogP contribution in [-0.2, 0) is 9.53 Å². The average molecular weight is 342 g/mol. The van der Waals surface area contributed by atoms with E-state index >= 15 is 0 Å². The summed E-state index contributed by atoms with van der Waals surface area (Å²) >= 11 is 11.6. The molecule has 22 heavy (non-hydrogen) atoms. The molecule has 0 radical (unpaired) electrons. The van der Waals surface area contributed by atoms with Crippen LogP contribution in [-0.4, -0.2) is 18.5 Å². The molecule has 0 bridgehead atoms. The summed E-state index contributed by atoms with van der Waals surface area (Å²) in [7, 11) is 0. The molecule has 0 fully saturated rings. The number of carbonyl (C=O) groups is 2. The minimum atomic E-state index is -0.884. The summed E-state index contributed by atoms with van der Waals surface area (Å²) in [5, 5.41) is 3.01. The Balaban J connectivity index is 1.93. The Labute approximate surface area is 135 Å². The van der Waals surface area contributed by atoms with Gasteiger partial charge in [0, 0.05) is 10.7 Å². The van der Waals surface area contributed by atoms with Crippen LogP contribution in [0.25, 0.3) is 0 Å². The molecule has 0 unspecified atom stereocenters. The number of nitrogens with one attached hydrogen (secondary N) is 1. The highest BCUT2D eigenvalue weighted by Crippen LogP contribution is 2.18. The highest BCUT2D eigenvalue weighted by molar-refractivity contribution is 6.33. The summed E-state index contributed by atoms with van der Waals surface area (Å²) in [6.07, 6.45) is 0. The molecule has 2 rings (SSSR count). The summed E-state index contributed by atoms with van der Waals surface area (Å²) in [6, 6.07) is 9.80. The molecule has 0 heterocycles. The molecule has 2 aromatic rings. The number of halogens is 3. The quantitative estimate of drug-likeness (QED) is 0.857. The molecule has 0 aliphatic heterocycles. The van der Waals surface area contributed by atoms with Crippen LogP contribution >= 0.6 is 23.2 Å². The molecule has 0 spiro atoms. The molecule has 1 N–H and O–H groups in total. The van der Waals surface area contributed by atoms with Crippen LogP contribution in [0.3, 0.4) is 0 Å². The van der Waals surface area contributed by atoms with Crippen LogP contribution in [0, 0.1) is 5.82 Å². The van der Waals surface area contributed by atoms with E-state index in [-0.39, 0.29) is 10.6 Å². The molecule has 7 heteroatoms. The van der Waals surface area contributed by atoms with Crippen LogP contribution in [0.4, 0.5) is 10.1 Å². The number of esters is 1. The third-order valence-electron chi connectivity index (χ3n) is 2.59.